The smallest absolute Gasteiger partial charge is 0.279 e. The van der Waals surface area contributed by atoms with Gasteiger partial charge in [-0.05, 0) is 37.1 Å². The highest BCUT2D eigenvalue weighted by atomic mass is 35.5. The summed E-state index contributed by atoms with van der Waals surface area (Å²) in [7, 11) is 0. The van der Waals surface area contributed by atoms with Gasteiger partial charge in [0.25, 0.3) is 5.91 Å². The minimum absolute atomic E-state index is 0.0191. The summed E-state index contributed by atoms with van der Waals surface area (Å²) in [5.41, 5.74) is 0.696. The molecular weight excluding hydrogens is 302 g/mol. The first-order valence-electron chi connectivity index (χ1n) is 7.82. The molecule has 2 aliphatic rings. The monoisotopic (exact) mass is 322 g/mol. The van der Waals surface area contributed by atoms with Gasteiger partial charge in [0.2, 0.25) is 5.91 Å². The van der Waals surface area contributed by atoms with Crippen molar-refractivity contribution in [3.05, 3.63) is 29.3 Å². The van der Waals surface area contributed by atoms with Crippen molar-refractivity contribution in [2.24, 2.45) is 0 Å². The van der Waals surface area contributed by atoms with E-state index in [1.54, 1.807) is 24.3 Å². The molecular formula is C16H21ClN3O2+. The number of anilines is 1. The van der Waals surface area contributed by atoms with Gasteiger partial charge >= 0.3 is 0 Å². The van der Waals surface area contributed by atoms with E-state index < -0.39 is 0 Å². The number of hydrogen-bond donors (Lipinski definition) is 3. The van der Waals surface area contributed by atoms with E-state index in [0.717, 1.165) is 12.8 Å². The van der Waals surface area contributed by atoms with Gasteiger partial charge in [0.1, 0.15) is 6.04 Å². The second-order valence-electron chi connectivity index (χ2n) is 6.12. The molecule has 1 heterocycles. The van der Waals surface area contributed by atoms with Crippen LogP contribution in [0, 0.1) is 0 Å². The highest BCUT2D eigenvalue weighted by Crippen LogP contribution is 2.19. The summed E-state index contributed by atoms with van der Waals surface area (Å²) in [4.78, 5) is 24.3. The Hall–Kier alpha value is -1.59. The number of rotatable bonds is 3. The molecule has 0 aromatic heterocycles. The lowest BCUT2D eigenvalue weighted by molar-refractivity contribution is -0.718. The summed E-state index contributed by atoms with van der Waals surface area (Å²) in [6.45, 7) is 0. The summed E-state index contributed by atoms with van der Waals surface area (Å²) in [6, 6.07) is 7.32. The fourth-order valence-corrected chi connectivity index (χ4v) is 3.48. The standard InChI is InChI=1S/C16H20ClN3O2/c17-10-5-7-11(8-6-10)18-15(21)9-14-16(22)20-13-4-2-1-3-12(13)19-14/h5-8,12-14,19H,1-4,9H2,(H,18,21)(H,20,22)/p+1/t12-,13-,14-/m0/s1. The Kier molecular flexibility index (Phi) is 4.64. The average Bonchev–Trinajstić information content (AvgIpc) is 2.50. The van der Waals surface area contributed by atoms with Crippen LogP contribution in [-0.4, -0.2) is 29.9 Å². The predicted octanol–water partition coefficient (Wildman–Crippen LogP) is 1.04. The van der Waals surface area contributed by atoms with Crippen LogP contribution in [0.2, 0.25) is 5.02 Å². The zero-order chi connectivity index (χ0) is 15.5. The summed E-state index contributed by atoms with van der Waals surface area (Å²) < 4.78 is 0. The molecule has 0 spiro atoms. The maximum Gasteiger partial charge on any atom is 0.279 e. The molecule has 2 amide bonds. The van der Waals surface area contributed by atoms with Crippen molar-refractivity contribution < 1.29 is 14.9 Å². The minimum atomic E-state index is -0.327. The van der Waals surface area contributed by atoms with E-state index in [-0.39, 0.29) is 30.3 Å². The van der Waals surface area contributed by atoms with Crippen LogP contribution in [0.25, 0.3) is 0 Å². The number of nitrogens with two attached hydrogens (primary N) is 1. The molecule has 4 N–H and O–H groups in total. The highest BCUT2D eigenvalue weighted by molar-refractivity contribution is 6.30. The Morgan fingerprint density at radius 2 is 2.00 bits per heavy atom. The molecule has 0 bridgehead atoms. The van der Waals surface area contributed by atoms with E-state index in [1.165, 1.54) is 12.8 Å². The van der Waals surface area contributed by atoms with Crippen LogP contribution in [0.3, 0.4) is 0 Å². The first-order chi connectivity index (χ1) is 10.6. The van der Waals surface area contributed by atoms with E-state index in [0.29, 0.717) is 16.8 Å². The highest BCUT2D eigenvalue weighted by Gasteiger charge is 2.40. The number of halogens is 1. The number of nitrogens with one attached hydrogen (secondary N) is 2. The number of fused-ring (bicyclic) bond motifs is 1. The molecule has 1 aliphatic heterocycles. The van der Waals surface area contributed by atoms with Crippen LogP contribution in [0.1, 0.15) is 32.1 Å². The minimum Gasteiger partial charge on any atom is -0.342 e. The Morgan fingerprint density at radius 1 is 1.27 bits per heavy atom. The molecule has 1 aromatic carbocycles. The quantitative estimate of drug-likeness (QED) is 0.778. The number of carbonyl (C=O) groups excluding carboxylic acids is 2. The van der Waals surface area contributed by atoms with E-state index in [1.807, 2.05) is 0 Å². The van der Waals surface area contributed by atoms with Crippen molar-refractivity contribution >= 4 is 29.1 Å². The number of hydrogen-bond acceptors (Lipinski definition) is 2. The van der Waals surface area contributed by atoms with Gasteiger partial charge in [-0.3, -0.25) is 9.59 Å². The molecule has 0 unspecified atom stereocenters. The van der Waals surface area contributed by atoms with E-state index in [9.17, 15) is 9.59 Å². The first kappa shape index (κ1) is 15.3. The van der Waals surface area contributed by atoms with Gasteiger partial charge < -0.3 is 16.0 Å². The van der Waals surface area contributed by atoms with Crippen LogP contribution in [0.4, 0.5) is 5.69 Å². The van der Waals surface area contributed by atoms with Gasteiger partial charge in [-0.1, -0.05) is 18.0 Å². The number of amides is 2. The molecule has 2 fully saturated rings. The zero-order valence-corrected chi connectivity index (χ0v) is 13.1. The summed E-state index contributed by atoms with van der Waals surface area (Å²) >= 11 is 5.82. The van der Waals surface area contributed by atoms with Crippen molar-refractivity contribution in [2.45, 2.75) is 50.2 Å². The zero-order valence-electron chi connectivity index (χ0n) is 12.3. The van der Waals surface area contributed by atoms with Crippen molar-refractivity contribution in [2.75, 3.05) is 5.32 Å². The molecule has 1 saturated heterocycles. The molecule has 1 aromatic rings. The largest absolute Gasteiger partial charge is 0.342 e. The lowest BCUT2D eigenvalue weighted by atomic mass is 9.87. The normalized spacial score (nSPS) is 27.7. The molecule has 5 nitrogen and oxygen atoms in total. The predicted molar refractivity (Wildman–Crippen MR) is 84.6 cm³/mol. The van der Waals surface area contributed by atoms with Crippen LogP contribution in [0.15, 0.2) is 24.3 Å². The fraction of sp³-hybridized carbons (Fsp3) is 0.500. The lowest BCUT2D eigenvalue weighted by Gasteiger charge is -2.37. The molecule has 118 valence electrons. The summed E-state index contributed by atoms with van der Waals surface area (Å²) in [6.07, 6.45) is 4.74. The Morgan fingerprint density at radius 3 is 2.77 bits per heavy atom. The molecule has 1 saturated carbocycles. The molecule has 22 heavy (non-hydrogen) atoms. The SMILES string of the molecule is O=C(C[C@@H]1[NH2+][C@H]2CCCC[C@@H]2NC1=O)Nc1ccc(Cl)cc1. The topological polar surface area (TPSA) is 74.8 Å². The van der Waals surface area contributed by atoms with Gasteiger partial charge in [-0.25, -0.2) is 0 Å². The third kappa shape index (κ3) is 3.59. The second kappa shape index (κ2) is 6.67. The third-order valence-corrected chi connectivity index (χ3v) is 4.75. The average molecular weight is 323 g/mol. The van der Waals surface area contributed by atoms with Crippen molar-refractivity contribution in [1.82, 2.24) is 5.32 Å². The first-order valence-corrected chi connectivity index (χ1v) is 8.20. The molecule has 3 rings (SSSR count). The van der Waals surface area contributed by atoms with Crippen LogP contribution >= 0.6 is 11.6 Å². The maximum absolute atomic E-state index is 12.1. The van der Waals surface area contributed by atoms with E-state index >= 15 is 0 Å². The maximum atomic E-state index is 12.1. The molecule has 3 atom stereocenters. The summed E-state index contributed by atoms with van der Waals surface area (Å²) in [5.74, 6) is -0.164. The Balaban J connectivity index is 1.56. The van der Waals surface area contributed by atoms with E-state index in [2.05, 4.69) is 16.0 Å². The van der Waals surface area contributed by atoms with Gasteiger partial charge in [0, 0.05) is 17.1 Å². The second-order valence-corrected chi connectivity index (χ2v) is 6.56. The van der Waals surface area contributed by atoms with E-state index in [4.69, 9.17) is 11.6 Å². The molecule has 0 radical (unpaired) electrons. The van der Waals surface area contributed by atoms with Gasteiger partial charge in [0.05, 0.1) is 12.5 Å². The van der Waals surface area contributed by atoms with Crippen molar-refractivity contribution in [1.29, 1.82) is 0 Å². The molecule has 1 aliphatic carbocycles. The number of benzene rings is 1. The van der Waals surface area contributed by atoms with Crippen LogP contribution in [0.5, 0.6) is 0 Å². The third-order valence-electron chi connectivity index (χ3n) is 4.50. The van der Waals surface area contributed by atoms with Crippen molar-refractivity contribution in [3.63, 3.8) is 0 Å². The summed E-state index contributed by atoms with van der Waals surface area (Å²) in [5, 5.41) is 8.60. The van der Waals surface area contributed by atoms with Gasteiger partial charge in [-0.2, -0.15) is 0 Å². The number of carbonyl (C=O) groups is 2. The van der Waals surface area contributed by atoms with Gasteiger partial charge in [-0.15, -0.1) is 0 Å². The van der Waals surface area contributed by atoms with Crippen molar-refractivity contribution in [3.8, 4) is 0 Å². The Labute approximate surface area is 134 Å². The van der Waals surface area contributed by atoms with Gasteiger partial charge in [0.15, 0.2) is 6.04 Å². The lowest BCUT2D eigenvalue weighted by Crippen LogP contribution is -3.03. The van der Waals surface area contributed by atoms with Crippen LogP contribution in [-0.2, 0) is 9.59 Å². The number of quaternary nitrogens is 1. The number of piperazine rings is 1. The Bertz CT molecular complexity index is 561. The van der Waals surface area contributed by atoms with Crippen LogP contribution < -0.4 is 16.0 Å². The molecule has 6 heteroatoms. The fourth-order valence-electron chi connectivity index (χ4n) is 3.35.